The fourth-order valence-corrected chi connectivity index (χ4v) is 12.6. The second-order valence-corrected chi connectivity index (χ2v) is 16.7. The fourth-order valence-electron chi connectivity index (χ4n) is 12.6. The summed E-state index contributed by atoms with van der Waals surface area (Å²) in [6.07, 6.45) is 17.1. The highest BCUT2D eigenvalue weighted by Gasteiger charge is 2.80. The highest BCUT2D eigenvalue weighted by Crippen LogP contribution is 2.87. The number of hydrogen-bond acceptors (Lipinski definition) is 6. The van der Waals surface area contributed by atoms with E-state index in [0.29, 0.717) is 78.5 Å². The van der Waals surface area contributed by atoms with Crippen LogP contribution in [0, 0.1) is 62.6 Å². The zero-order valence-electron chi connectivity index (χ0n) is 27.2. The molecule has 2 aliphatic heterocycles. The molecule has 8 unspecified atom stereocenters. The van der Waals surface area contributed by atoms with Gasteiger partial charge in [-0.2, -0.15) is 5.26 Å². The molecular weight excluding hydrogens is 540 g/mol. The van der Waals surface area contributed by atoms with Gasteiger partial charge in [-0.15, -0.1) is 0 Å². The second-order valence-electron chi connectivity index (χ2n) is 16.7. The molecule has 8 rings (SSSR count). The van der Waals surface area contributed by atoms with Crippen molar-refractivity contribution in [2.45, 2.75) is 135 Å². The molecule has 7 heteroatoms. The van der Waals surface area contributed by atoms with E-state index >= 15 is 0 Å². The standard InChI is InChI=1S/C35H52N2O4.CH4O/c1-32(2)28-9-8-24-26-19-27-25(7-6-23(40-27)11-15-36)33(26,3)13-14-34(24)21-35(28,34)12-10-29(32)41-31-20-37(16-17-39-31)30(38)18-22-4-5-22;1-2/h22-29,31H,4-14,16-21H2,1-3H3;2H,1H3/t23?,24?,25-,26?,27?,28?,29-,31?,33?,34-,35?;/m0./s1. The van der Waals surface area contributed by atoms with Crippen LogP contribution in [0.25, 0.3) is 0 Å². The molecule has 0 aromatic rings. The van der Waals surface area contributed by atoms with Crippen molar-refractivity contribution in [3.8, 4) is 6.07 Å². The topological polar surface area (TPSA) is 92.0 Å². The number of hydrogen-bond donors (Lipinski definition) is 1. The van der Waals surface area contributed by atoms with Crippen molar-refractivity contribution in [3.05, 3.63) is 0 Å². The summed E-state index contributed by atoms with van der Waals surface area (Å²) in [5.74, 6) is 3.97. The van der Waals surface area contributed by atoms with Gasteiger partial charge in [0.1, 0.15) is 0 Å². The van der Waals surface area contributed by atoms with Crippen LogP contribution in [-0.4, -0.2) is 67.3 Å². The molecule has 0 aromatic heterocycles. The Kier molecular flexibility index (Phi) is 7.76. The van der Waals surface area contributed by atoms with E-state index in [1.54, 1.807) is 0 Å². The Hall–Kier alpha value is -1.20. The van der Waals surface area contributed by atoms with Crippen LogP contribution in [0.5, 0.6) is 0 Å². The molecule has 6 saturated carbocycles. The summed E-state index contributed by atoms with van der Waals surface area (Å²) in [5, 5.41) is 16.3. The first-order chi connectivity index (χ1) is 20.7. The highest BCUT2D eigenvalue weighted by molar-refractivity contribution is 5.76. The molecule has 0 bridgehead atoms. The van der Waals surface area contributed by atoms with Gasteiger partial charge in [-0.05, 0) is 128 Å². The van der Waals surface area contributed by atoms with Gasteiger partial charge in [-0.25, -0.2) is 0 Å². The summed E-state index contributed by atoms with van der Waals surface area (Å²) >= 11 is 0. The minimum absolute atomic E-state index is 0.119. The predicted octanol–water partition coefficient (Wildman–Crippen LogP) is 6.09. The van der Waals surface area contributed by atoms with E-state index in [1.807, 2.05) is 4.90 Å². The molecule has 11 atom stereocenters. The average molecular weight is 597 g/mol. The highest BCUT2D eigenvalue weighted by atomic mass is 16.7. The zero-order valence-corrected chi connectivity index (χ0v) is 27.2. The number of aliphatic hydroxyl groups excluding tert-OH is 1. The maximum Gasteiger partial charge on any atom is 0.223 e. The Balaban J connectivity index is 0.00000147. The van der Waals surface area contributed by atoms with Crippen LogP contribution < -0.4 is 0 Å². The van der Waals surface area contributed by atoms with E-state index in [-0.39, 0.29) is 23.9 Å². The first-order valence-electron chi connectivity index (χ1n) is 17.7. The number of carbonyl (C=O) groups is 1. The number of nitrogens with zero attached hydrogens (tertiary/aromatic N) is 2. The lowest BCUT2D eigenvalue weighted by molar-refractivity contribution is -0.244. The van der Waals surface area contributed by atoms with Crippen molar-refractivity contribution in [1.82, 2.24) is 4.90 Å². The molecule has 1 N–H and O–H groups in total. The van der Waals surface area contributed by atoms with E-state index in [0.717, 1.165) is 31.8 Å². The van der Waals surface area contributed by atoms with Crippen LogP contribution >= 0.6 is 0 Å². The minimum atomic E-state index is -0.281. The van der Waals surface area contributed by atoms with Crippen LogP contribution in [0.3, 0.4) is 0 Å². The number of amides is 1. The molecule has 6 aliphatic carbocycles. The van der Waals surface area contributed by atoms with Crippen LogP contribution in [0.4, 0.5) is 0 Å². The average Bonchev–Trinajstić information content (AvgIpc) is 3.91. The maximum atomic E-state index is 12.8. The lowest BCUT2D eigenvalue weighted by Gasteiger charge is -2.60. The van der Waals surface area contributed by atoms with Crippen molar-refractivity contribution in [2.75, 3.05) is 26.8 Å². The number of carbonyl (C=O) groups excluding carboxylic acids is 1. The van der Waals surface area contributed by atoms with Gasteiger partial charge in [0.25, 0.3) is 0 Å². The Morgan fingerprint density at radius 2 is 1.77 bits per heavy atom. The Morgan fingerprint density at radius 3 is 2.53 bits per heavy atom. The van der Waals surface area contributed by atoms with Gasteiger partial charge in [-0.1, -0.05) is 20.8 Å². The van der Waals surface area contributed by atoms with Gasteiger partial charge in [0.15, 0.2) is 6.29 Å². The smallest absolute Gasteiger partial charge is 0.223 e. The van der Waals surface area contributed by atoms with Crippen molar-refractivity contribution in [3.63, 3.8) is 0 Å². The number of morpholine rings is 1. The third-order valence-corrected chi connectivity index (χ3v) is 14.8. The van der Waals surface area contributed by atoms with Crippen molar-refractivity contribution in [1.29, 1.82) is 5.26 Å². The van der Waals surface area contributed by atoms with Crippen molar-refractivity contribution < 1.29 is 24.1 Å². The number of fused-ring (bicyclic) bond motifs is 4. The van der Waals surface area contributed by atoms with Gasteiger partial charge in [0, 0.05) is 20.1 Å². The Labute approximate surface area is 259 Å². The zero-order chi connectivity index (χ0) is 30.2. The molecule has 0 radical (unpaired) electrons. The quantitative estimate of drug-likeness (QED) is 0.413. The monoisotopic (exact) mass is 596 g/mol. The van der Waals surface area contributed by atoms with E-state index in [1.165, 1.54) is 64.2 Å². The minimum Gasteiger partial charge on any atom is -0.400 e. The summed E-state index contributed by atoms with van der Waals surface area (Å²) in [6.45, 7) is 9.52. The molecule has 2 spiro atoms. The SMILES string of the molecule is CC1(C)C2CCC3C4CC5OC(CC#N)CC[C@@H]5C4(C)CC[C@]34CC24CC[C@@H]1OC1CN(C(=O)CC2CC2)CCO1.CO. The fraction of sp³-hybridized carbons (Fsp3) is 0.944. The van der Waals surface area contributed by atoms with Crippen LogP contribution in [0.1, 0.15) is 111 Å². The maximum absolute atomic E-state index is 12.8. The van der Waals surface area contributed by atoms with E-state index in [2.05, 4.69) is 26.8 Å². The molecule has 7 nitrogen and oxygen atoms in total. The van der Waals surface area contributed by atoms with Gasteiger partial charge < -0.3 is 24.2 Å². The van der Waals surface area contributed by atoms with Crippen LogP contribution in [0.2, 0.25) is 0 Å². The number of rotatable bonds is 5. The molecule has 2 saturated heterocycles. The van der Waals surface area contributed by atoms with E-state index in [4.69, 9.17) is 19.3 Å². The molecule has 2 heterocycles. The summed E-state index contributed by atoms with van der Waals surface area (Å²) < 4.78 is 19.6. The Bertz CT molecular complexity index is 1120. The third kappa shape index (κ3) is 4.66. The molecule has 8 aliphatic rings. The summed E-state index contributed by atoms with van der Waals surface area (Å²) in [7, 11) is 1.00. The number of nitriles is 1. The molecule has 240 valence electrons. The molecule has 0 aromatic carbocycles. The molecule has 8 fully saturated rings. The normalized spacial score (nSPS) is 49.1. The summed E-state index contributed by atoms with van der Waals surface area (Å²) in [5.41, 5.74) is 1.58. The number of ether oxygens (including phenoxy) is 3. The first kappa shape index (κ1) is 30.5. The van der Waals surface area contributed by atoms with Crippen molar-refractivity contribution >= 4 is 5.91 Å². The molecule has 1 amide bonds. The largest absolute Gasteiger partial charge is 0.400 e. The van der Waals surface area contributed by atoms with E-state index in [9.17, 15) is 10.1 Å². The lowest BCUT2D eigenvalue weighted by Crippen LogP contribution is -2.56. The predicted molar refractivity (Wildman–Crippen MR) is 162 cm³/mol. The third-order valence-electron chi connectivity index (χ3n) is 14.8. The van der Waals surface area contributed by atoms with Crippen LogP contribution in [-0.2, 0) is 19.0 Å². The lowest BCUT2D eigenvalue weighted by atomic mass is 9.46. The van der Waals surface area contributed by atoms with Gasteiger partial charge in [-0.3, -0.25) is 4.79 Å². The van der Waals surface area contributed by atoms with E-state index < -0.39 is 0 Å². The first-order valence-corrected chi connectivity index (χ1v) is 17.7. The summed E-state index contributed by atoms with van der Waals surface area (Å²) in [4.78, 5) is 14.8. The molecular formula is C36H56N2O5. The molecule has 43 heavy (non-hydrogen) atoms. The van der Waals surface area contributed by atoms with Crippen molar-refractivity contribution in [2.24, 2.45) is 51.2 Å². The second kappa shape index (κ2) is 11.0. The van der Waals surface area contributed by atoms with Crippen LogP contribution in [0.15, 0.2) is 0 Å². The Morgan fingerprint density at radius 1 is 0.977 bits per heavy atom. The number of aliphatic hydroxyl groups is 1. The summed E-state index contributed by atoms with van der Waals surface area (Å²) in [6, 6.07) is 2.37. The van der Waals surface area contributed by atoms with Gasteiger partial charge >= 0.3 is 0 Å². The van der Waals surface area contributed by atoms with Gasteiger partial charge in [0.2, 0.25) is 5.91 Å². The van der Waals surface area contributed by atoms with Gasteiger partial charge in [0.05, 0.1) is 44.0 Å².